The molecular weight excluding hydrogens is 436 g/mol. The monoisotopic (exact) mass is 466 g/mol. The molecule has 2 fully saturated rings. The number of morpholine rings is 1. The van der Waals surface area contributed by atoms with E-state index in [-0.39, 0.29) is 11.3 Å². The average Bonchev–Trinajstić information content (AvgIpc) is 3.14. The Morgan fingerprint density at radius 2 is 1.71 bits per heavy atom. The number of carbonyl (C=O) groups excluding carboxylic acids is 2. The van der Waals surface area contributed by atoms with Crippen LogP contribution in [0.2, 0.25) is 0 Å². The van der Waals surface area contributed by atoms with Crippen LogP contribution in [-0.2, 0) is 14.3 Å². The zero-order valence-electron chi connectivity index (χ0n) is 19.5. The predicted octanol–water partition coefficient (Wildman–Crippen LogP) is 2.85. The summed E-state index contributed by atoms with van der Waals surface area (Å²) in [6.45, 7) is 4.31. The number of Topliss-reactive ketones (excluding diaryl/α,β-unsaturated/α-hetero) is 1. The van der Waals surface area contributed by atoms with E-state index in [0.717, 1.165) is 25.2 Å². The largest absolute Gasteiger partial charge is 0.507 e. The van der Waals surface area contributed by atoms with Crippen LogP contribution in [0, 0.1) is 0 Å². The SMILES string of the molecule is COc1ccc(C2/C(=C(\O)c3ccccc3OC)C(=O)C(=O)N2CCCN2CCOCC2)cc1. The summed E-state index contributed by atoms with van der Waals surface area (Å²) < 4.78 is 16.0. The Kier molecular flexibility index (Phi) is 7.49. The van der Waals surface area contributed by atoms with E-state index in [1.54, 1.807) is 48.4 Å². The topological polar surface area (TPSA) is 88.5 Å². The molecule has 8 nitrogen and oxygen atoms in total. The third-order valence-electron chi connectivity index (χ3n) is 6.31. The molecule has 1 unspecified atom stereocenters. The number of ketones is 1. The number of rotatable bonds is 8. The third kappa shape index (κ3) is 4.78. The Hall–Kier alpha value is -3.36. The molecule has 2 heterocycles. The number of ether oxygens (including phenoxy) is 3. The molecule has 2 saturated heterocycles. The molecule has 1 amide bonds. The summed E-state index contributed by atoms with van der Waals surface area (Å²) in [5.41, 5.74) is 1.16. The van der Waals surface area contributed by atoms with Crippen molar-refractivity contribution < 1.29 is 28.9 Å². The smallest absolute Gasteiger partial charge is 0.295 e. The summed E-state index contributed by atoms with van der Waals surface area (Å²) in [4.78, 5) is 30.2. The summed E-state index contributed by atoms with van der Waals surface area (Å²) in [6, 6.07) is 13.4. The van der Waals surface area contributed by atoms with Gasteiger partial charge in [-0.3, -0.25) is 14.5 Å². The summed E-state index contributed by atoms with van der Waals surface area (Å²) >= 11 is 0. The second kappa shape index (κ2) is 10.7. The van der Waals surface area contributed by atoms with Gasteiger partial charge in [0.1, 0.15) is 17.3 Å². The number of carbonyl (C=O) groups is 2. The quantitative estimate of drug-likeness (QED) is 0.364. The first-order chi connectivity index (χ1) is 16.5. The Morgan fingerprint density at radius 1 is 1.00 bits per heavy atom. The number of para-hydroxylation sites is 1. The first-order valence-electron chi connectivity index (χ1n) is 11.4. The van der Waals surface area contributed by atoms with Gasteiger partial charge in [-0.05, 0) is 36.2 Å². The maximum Gasteiger partial charge on any atom is 0.295 e. The van der Waals surface area contributed by atoms with Gasteiger partial charge in [0.15, 0.2) is 0 Å². The van der Waals surface area contributed by atoms with Crippen molar-refractivity contribution >= 4 is 17.4 Å². The molecule has 0 saturated carbocycles. The highest BCUT2D eigenvalue weighted by Gasteiger charge is 2.46. The number of benzene rings is 2. The molecule has 2 aromatic carbocycles. The van der Waals surface area contributed by atoms with E-state index in [2.05, 4.69) is 4.90 Å². The van der Waals surface area contributed by atoms with Crippen LogP contribution in [0.3, 0.4) is 0 Å². The van der Waals surface area contributed by atoms with E-state index < -0.39 is 17.7 Å². The van der Waals surface area contributed by atoms with Crippen molar-refractivity contribution in [3.05, 3.63) is 65.2 Å². The zero-order chi connectivity index (χ0) is 24.1. The van der Waals surface area contributed by atoms with Crippen LogP contribution in [-0.4, -0.2) is 80.2 Å². The second-order valence-electron chi connectivity index (χ2n) is 8.27. The van der Waals surface area contributed by atoms with Crippen LogP contribution in [0.25, 0.3) is 5.76 Å². The molecule has 4 rings (SSSR count). The van der Waals surface area contributed by atoms with E-state index in [0.29, 0.717) is 43.2 Å². The summed E-state index contributed by atoms with van der Waals surface area (Å²) in [7, 11) is 3.08. The fourth-order valence-electron chi connectivity index (χ4n) is 4.52. The van der Waals surface area contributed by atoms with Gasteiger partial charge in [0.05, 0.1) is 44.6 Å². The number of hydrogen-bond donors (Lipinski definition) is 1. The van der Waals surface area contributed by atoms with E-state index in [1.807, 2.05) is 12.1 Å². The molecule has 0 bridgehead atoms. The Labute approximate surface area is 199 Å². The lowest BCUT2D eigenvalue weighted by molar-refractivity contribution is -0.140. The van der Waals surface area contributed by atoms with Gasteiger partial charge < -0.3 is 24.2 Å². The molecule has 2 aliphatic rings. The van der Waals surface area contributed by atoms with Crippen LogP contribution in [0.4, 0.5) is 0 Å². The highest BCUT2D eigenvalue weighted by atomic mass is 16.5. The molecule has 8 heteroatoms. The molecule has 2 aliphatic heterocycles. The highest BCUT2D eigenvalue weighted by Crippen LogP contribution is 2.41. The number of amides is 1. The maximum absolute atomic E-state index is 13.2. The van der Waals surface area contributed by atoms with E-state index >= 15 is 0 Å². The van der Waals surface area contributed by atoms with Gasteiger partial charge in [-0.25, -0.2) is 0 Å². The molecule has 0 aromatic heterocycles. The number of methoxy groups -OCH3 is 2. The van der Waals surface area contributed by atoms with Crippen LogP contribution < -0.4 is 9.47 Å². The minimum Gasteiger partial charge on any atom is -0.507 e. The number of aliphatic hydroxyl groups excluding tert-OH is 1. The minimum atomic E-state index is -0.708. The van der Waals surface area contributed by atoms with Gasteiger partial charge in [0.25, 0.3) is 11.7 Å². The normalized spacial score (nSPS) is 20.5. The lowest BCUT2D eigenvalue weighted by Gasteiger charge is -2.29. The fourth-order valence-corrected chi connectivity index (χ4v) is 4.52. The molecule has 1 atom stereocenters. The Bertz CT molecular complexity index is 1060. The van der Waals surface area contributed by atoms with Gasteiger partial charge >= 0.3 is 0 Å². The third-order valence-corrected chi connectivity index (χ3v) is 6.31. The molecule has 0 spiro atoms. The summed E-state index contributed by atoms with van der Waals surface area (Å²) in [5.74, 6) is -0.466. The molecule has 1 N–H and O–H groups in total. The zero-order valence-corrected chi connectivity index (χ0v) is 19.5. The predicted molar refractivity (Wildman–Crippen MR) is 127 cm³/mol. The highest BCUT2D eigenvalue weighted by molar-refractivity contribution is 6.46. The van der Waals surface area contributed by atoms with E-state index in [4.69, 9.17) is 14.2 Å². The van der Waals surface area contributed by atoms with Crippen molar-refractivity contribution in [1.82, 2.24) is 9.80 Å². The summed E-state index contributed by atoms with van der Waals surface area (Å²) in [6.07, 6.45) is 0.703. The van der Waals surface area contributed by atoms with Crippen molar-refractivity contribution in [2.75, 3.05) is 53.6 Å². The first-order valence-corrected chi connectivity index (χ1v) is 11.4. The number of nitrogens with zero attached hydrogens (tertiary/aromatic N) is 2. The Morgan fingerprint density at radius 3 is 2.38 bits per heavy atom. The average molecular weight is 467 g/mol. The van der Waals surface area contributed by atoms with Gasteiger partial charge in [-0.1, -0.05) is 24.3 Å². The van der Waals surface area contributed by atoms with Crippen molar-refractivity contribution in [3.63, 3.8) is 0 Å². The number of likely N-dealkylation sites (tertiary alicyclic amines) is 1. The van der Waals surface area contributed by atoms with Crippen molar-refractivity contribution in [3.8, 4) is 11.5 Å². The molecule has 34 heavy (non-hydrogen) atoms. The van der Waals surface area contributed by atoms with Gasteiger partial charge in [0.2, 0.25) is 0 Å². The number of aliphatic hydroxyl groups is 1. The van der Waals surface area contributed by atoms with Crippen molar-refractivity contribution in [2.45, 2.75) is 12.5 Å². The lowest BCUT2D eigenvalue weighted by Crippen LogP contribution is -2.38. The van der Waals surface area contributed by atoms with Crippen LogP contribution >= 0.6 is 0 Å². The minimum absolute atomic E-state index is 0.0611. The van der Waals surface area contributed by atoms with Gasteiger partial charge in [-0.15, -0.1) is 0 Å². The second-order valence-corrected chi connectivity index (χ2v) is 8.27. The standard InChI is InChI=1S/C26H30N2O6/c1-32-19-10-8-18(9-11-19)23-22(24(29)20-6-3-4-7-21(20)33-2)25(30)26(31)28(23)13-5-12-27-14-16-34-17-15-27/h3-4,6-11,23,29H,5,12-17H2,1-2H3/b24-22+. The van der Waals surface area contributed by atoms with Crippen LogP contribution in [0.1, 0.15) is 23.6 Å². The van der Waals surface area contributed by atoms with E-state index in [1.165, 1.54) is 7.11 Å². The summed E-state index contributed by atoms with van der Waals surface area (Å²) in [5, 5.41) is 11.3. The lowest BCUT2D eigenvalue weighted by atomic mass is 9.95. The maximum atomic E-state index is 13.2. The first kappa shape index (κ1) is 23.8. The van der Waals surface area contributed by atoms with Crippen LogP contribution in [0.15, 0.2) is 54.1 Å². The molecular formula is C26H30N2O6. The molecule has 0 aliphatic carbocycles. The van der Waals surface area contributed by atoms with E-state index in [9.17, 15) is 14.7 Å². The van der Waals surface area contributed by atoms with Gasteiger partial charge in [0, 0.05) is 26.2 Å². The number of hydrogen-bond acceptors (Lipinski definition) is 7. The van der Waals surface area contributed by atoms with Crippen molar-refractivity contribution in [2.24, 2.45) is 0 Å². The molecule has 2 aromatic rings. The fraction of sp³-hybridized carbons (Fsp3) is 0.385. The van der Waals surface area contributed by atoms with Gasteiger partial charge in [-0.2, -0.15) is 0 Å². The molecule has 180 valence electrons. The van der Waals surface area contributed by atoms with Crippen LogP contribution in [0.5, 0.6) is 11.5 Å². The molecule has 0 radical (unpaired) electrons. The Balaban J connectivity index is 1.70. The van der Waals surface area contributed by atoms with Crippen molar-refractivity contribution in [1.29, 1.82) is 0 Å².